The molecule has 0 aromatic heterocycles. The van der Waals surface area contributed by atoms with Crippen molar-refractivity contribution < 1.29 is 9.90 Å². The lowest BCUT2D eigenvalue weighted by atomic mass is 10.1. The average molecular weight is 234 g/mol. The van der Waals surface area contributed by atoms with Crippen molar-refractivity contribution in [3.63, 3.8) is 0 Å². The number of hydrogen-bond acceptors (Lipinski definition) is 3. The first-order chi connectivity index (χ1) is 8.06. The molecule has 0 radical (unpaired) electrons. The van der Waals surface area contributed by atoms with Gasteiger partial charge in [0.2, 0.25) is 0 Å². The van der Waals surface area contributed by atoms with E-state index in [1.54, 1.807) is 12.1 Å². The minimum absolute atomic E-state index is 0.254. The molecule has 2 rings (SSSR count). The molecule has 0 spiro atoms. The summed E-state index contributed by atoms with van der Waals surface area (Å²) in [7, 11) is 0. The van der Waals surface area contributed by atoms with Crippen LogP contribution >= 0.6 is 0 Å². The van der Waals surface area contributed by atoms with Crippen molar-refractivity contribution in [2.24, 2.45) is 5.92 Å². The molecule has 1 aromatic rings. The van der Waals surface area contributed by atoms with Gasteiger partial charge in [-0.3, -0.25) is 0 Å². The van der Waals surface area contributed by atoms with Crippen LogP contribution in [0.5, 0.6) is 0 Å². The Morgan fingerprint density at radius 3 is 2.82 bits per heavy atom. The molecule has 0 heterocycles. The average Bonchev–Trinajstić information content (AvgIpc) is 2.66. The lowest BCUT2D eigenvalue weighted by Crippen LogP contribution is -2.17. The standard InChI is InChI=1S/C13H18N2O2/c1-8-2-4-10(6-8)15-12-5-3-9(14)7-11(12)13(16)17/h3,5,7-8,10,15H,2,4,6,14H2,1H3,(H,16,17). The number of nitrogens with one attached hydrogen (secondary N) is 1. The normalized spacial score (nSPS) is 23.6. The Morgan fingerprint density at radius 1 is 1.47 bits per heavy atom. The molecule has 0 aliphatic heterocycles. The highest BCUT2D eigenvalue weighted by molar-refractivity contribution is 5.95. The molecule has 0 saturated heterocycles. The van der Waals surface area contributed by atoms with E-state index in [2.05, 4.69) is 12.2 Å². The second-order valence-corrected chi connectivity index (χ2v) is 4.87. The van der Waals surface area contributed by atoms with E-state index in [9.17, 15) is 4.79 Å². The van der Waals surface area contributed by atoms with Crippen LogP contribution in [0.2, 0.25) is 0 Å². The highest BCUT2D eigenvalue weighted by Crippen LogP contribution is 2.29. The summed E-state index contributed by atoms with van der Waals surface area (Å²) in [5.74, 6) is -0.222. The van der Waals surface area contributed by atoms with Gasteiger partial charge in [-0.05, 0) is 43.4 Å². The molecule has 1 saturated carbocycles. The second kappa shape index (κ2) is 4.65. The van der Waals surface area contributed by atoms with Crippen molar-refractivity contribution in [1.82, 2.24) is 0 Å². The Hall–Kier alpha value is -1.71. The number of nitrogen functional groups attached to an aromatic ring is 1. The molecule has 2 unspecified atom stereocenters. The van der Waals surface area contributed by atoms with Crippen molar-refractivity contribution in [1.29, 1.82) is 0 Å². The van der Waals surface area contributed by atoms with Gasteiger partial charge in [0.15, 0.2) is 0 Å². The topological polar surface area (TPSA) is 75.3 Å². The molecule has 4 N–H and O–H groups in total. The maximum atomic E-state index is 11.1. The van der Waals surface area contributed by atoms with Gasteiger partial charge in [0.25, 0.3) is 0 Å². The van der Waals surface area contributed by atoms with Crippen LogP contribution in [-0.4, -0.2) is 17.1 Å². The SMILES string of the molecule is CC1CCC(Nc2ccc(N)cc2C(=O)O)C1. The summed E-state index contributed by atoms with van der Waals surface area (Å²) >= 11 is 0. The van der Waals surface area contributed by atoms with E-state index in [-0.39, 0.29) is 5.56 Å². The number of benzene rings is 1. The smallest absolute Gasteiger partial charge is 0.337 e. The number of carbonyl (C=O) groups is 1. The Bertz CT molecular complexity index is 431. The first kappa shape index (κ1) is 11.8. The van der Waals surface area contributed by atoms with Gasteiger partial charge in [-0.25, -0.2) is 4.79 Å². The Morgan fingerprint density at radius 2 is 2.24 bits per heavy atom. The van der Waals surface area contributed by atoms with Crippen molar-refractivity contribution in [2.45, 2.75) is 32.2 Å². The largest absolute Gasteiger partial charge is 0.478 e. The number of anilines is 2. The number of aromatic carboxylic acids is 1. The summed E-state index contributed by atoms with van der Waals surface area (Å²) in [6, 6.07) is 5.37. The van der Waals surface area contributed by atoms with Gasteiger partial charge in [0.05, 0.1) is 5.56 Å². The van der Waals surface area contributed by atoms with Crippen molar-refractivity contribution in [3.8, 4) is 0 Å². The molecule has 92 valence electrons. The molecule has 4 nitrogen and oxygen atoms in total. The van der Waals surface area contributed by atoms with E-state index >= 15 is 0 Å². The van der Waals surface area contributed by atoms with E-state index < -0.39 is 5.97 Å². The van der Waals surface area contributed by atoms with Crippen LogP contribution in [0.1, 0.15) is 36.5 Å². The molecule has 2 atom stereocenters. The summed E-state index contributed by atoms with van der Waals surface area (Å²) in [5.41, 5.74) is 7.01. The second-order valence-electron chi connectivity index (χ2n) is 4.87. The van der Waals surface area contributed by atoms with Crippen LogP contribution < -0.4 is 11.1 Å². The van der Waals surface area contributed by atoms with Crippen LogP contribution in [0.15, 0.2) is 18.2 Å². The third-order valence-electron chi connectivity index (χ3n) is 3.33. The van der Waals surface area contributed by atoms with Crippen LogP contribution in [0.25, 0.3) is 0 Å². The Balaban J connectivity index is 2.17. The molecule has 17 heavy (non-hydrogen) atoms. The van der Waals surface area contributed by atoms with Crippen molar-refractivity contribution in [3.05, 3.63) is 23.8 Å². The van der Waals surface area contributed by atoms with Gasteiger partial charge in [-0.1, -0.05) is 6.92 Å². The maximum absolute atomic E-state index is 11.1. The molecule has 1 aromatic carbocycles. The molecule has 1 fully saturated rings. The van der Waals surface area contributed by atoms with Gasteiger partial charge in [0, 0.05) is 17.4 Å². The summed E-state index contributed by atoms with van der Waals surface area (Å²) < 4.78 is 0. The van der Waals surface area contributed by atoms with Gasteiger partial charge < -0.3 is 16.2 Å². The number of carboxylic acids is 1. The van der Waals surface area contributed by atoms with Crippen LogP contribution in [0.4, 0.5) is 11.4 Å². The Labute approximate surface area is 101 Å². The highest BCUT2D eigenvalue weighted by atomic mass is 16.4. The van der Waals surface area contributed by atoms with Crippen LogP contribution in [-0.2, 0) is 0 Å². The predicted octanol–water partition coefficient (Wildman–Crippen LogP) is 2.57. The molecule has 0 bridgehead atoms. The minimum atomic E-state index is -0.939. The lowest BCUT2D eigenvalue weighted by Gasteiger charge is -2.16. The molecule has 1 aliphatic rings. The van der Waals surface area contributed by atoms with Crippen LogP contribution in [0.3, 0.4) is 0 Å². The van der Waals surface area contributed by atoms with E-state index in [0.717, 1.165) is 18.8 Å². The summed E-state index contributed by atoms with van der Waals surface area (Å²) in [6.07, 6.45) is 3.41. The monoisotopic (exact) mass is 234 g/mol. The van der Waals surface area contributed by atoms with E-state index in [1.807, 2.05) is 0 Å². The Kier molecular flexibility index (Phi) is 3.22. The van der Waals surface area contributed by atoms with Gasteiger partial charge in [0.1, 0.15) is 0 Å². The van der Waals surface area contributed by atoms with E-state index in [0.29, 0.717) is 17.4 Å². The summed E-state index contributed by atoms with van der Waals surface area (Å²) in [5, 5.41) is 12.4. The van der Waals surface area contributed by atoms with Gasteiger partial charge in [-0.2, -0.15) is 0 Å². The number of hydrogen-bond donors (Lipinski definition) is 3. The zero-order valence-electron chi connectivity index (χ0n) is 9.94. The number of carboxylic acid groups (broad SMARTS) is 1. The van der Waals surface area contributed by atoms with Crippen LogP contribution in [0, 0.1) is 5.92 Å². The fraction of sp³-hybridized carbons (Fsp3) is 0.462. The minimum Gasteiger partial charge on any atom is -0.478 e. The van der Waals surface area contributed by atoms with Crippen molar-refractivity contribution in [2.75, 3.05) is 11.1 Å². The highest BCUT2D eigenvalue weighted by Gasteiger charge is 2.22. The number of nitrogens with two attached hydrogens (primary N) is 1. The van der Waals surface area contributed by atoms with Gasteiger partial charge >= 0.3 is 5.97 Å². The maximum Gasteiger partial charge on any atom is 0.337 e. The third-order valence-corrected chi connectivity index (χ3v) is 3.33. The molecule has 0 amide bonds. The van der Waals surface area contributed by atoms with Gasteiger partial charge in [-0.15, -0.1) is 0 Å². The summed E-state index contributed by atoms with van der Waals surface area (Å²) in [6.45, 7) is 2.22. The summed E-state index contributed by atoms with van der Waals surface area (Å²) in [4.78, 5) is 11.1. The third kappa shape index (κ3) is 2.70. The predicted molar refractivity (Wildman–Crippen MR) is 68.2 cm³/mol. The van der Waals surface area contributed by atoms with E-state index in [4.69, 9.17) is 10.8 Å². The zero-order chi connectivity index (χ0) is 12.4. The molecular formula is C13H18N2O2. The first-order valence-electron chi connectivity index (χ1n) is 5.95. The fourth-order valence-corrected chi connectivity index (χ4v) is 2.42. The number of rotatable bonds is 3. The quantitative estimate of drug-likeness (QED) is 0.702. The fourth-order valence-electron chi connectivity index (χ4n) is 2.42. The lowest BCUT2D eigenvalue weighted by molar-refractivity contribution is 0.0698. The zero-order valence-corrected chi connectivity index (χ0v) is 9.94. The molecule has 4 heteroatoms. The first-order valence-corrected chi connectivity index (χ1v) is 5.95. The van der Waals surface area contributed by atoms with E-state index in [1.165, 1.54) is 12.5 Å². The van der Waals surface area contributed by atoms with Crippen molar-refractivity contribution >= 4 is 17.3 Å². The molecular weight excluding hydrogens is 216 g/mol. The molecule has 1 aliphatic carbocycles.